The van der Waals surface area contributed by atoms with E-state index in [1.165, 1.54) is 0 Å². The quantitative estimate of drug-likeness (QED) is 0.845. The van der Waals surface area contributed by atoms with E-state index in [1.807, 2.05) is 6.92 Å². The minimum Gasteiger partial charge on any atom is -0.394 e. The molecule has 2 heterocycles. The van der Waals surface area contributed by atoms with Gasteiger partial charge < -0.3 is 10.0 Å². The third-order valence-corrected chi connectivity index (χ3v) is 4.10. The largest absolute Gasteiger partial charge is 0.394 e. The van der Waals surface area contributed by atoms with Crippen LogP contribution in [0, 0.1) is 5.92 Å². The van der Waals surface area contributed by atoms with E-state index in [2.05, 4.69) is 20.9 Å². The van der Waals surface area contributed by atoms with Crippen molar-refractivity contribution < 1.29 is 9.90 Å². The van der Waals surface area contributed by atoms with Crippen LogP contribution in [0.3, 0.4) is 0 Å². The number of aliphatic hydroxyl groups excluding tert-OH is 1. The SMILES string of the molecule is CC1CCN(C(=O)c2cc(Br)cnc2Cl)C1CO. The fourth-order valence-corrected chi connectivity index (χ4v) is 2.78. The highest BCUT2D eigenvalue weighted by Crippen LogP contribution is 2.27. The number of carbonyl (C=O) groups is 1. The van der Waals surface area contributed by atoms with Crippen molar-refractivity contribution in [3.05, 3.63) is 27.5 Å². The number of hydrogen-bond acceptors (Lipinski definition) is 3. The van der Waals surface area contributed by atoms with E-state index in [9.17, 15) is 9.90 Å². The maximum absolute atomic E-state index is 12.4. The molecule has 0 bridgehead atoms. The van der Waals surface area contributed by atoms with Crippen LogP contribution in [0.2, 0.25) is 5.15 Å². The molecule has 1 amide bonds. The van der Waals surface area contributed by atoms with Crippen LogP contribution < -0.4 is 0 Å². The van der Waals surface area contributed by atoms with Crippen LogP contribution in [0.5, 0.6) is 0 Å². The zero-order valence-electron chi connectivity index (χ0n) is 9.94. The lowest BCUT2D eigenvalue weighted by atomic mass is 10.0. The molecular weight excluding hydrogens is 320 g/mol. The lowest BCUT2D eigenvalue weighted by Gasteiger charge is -2.25. The first-order valence-electron chi connectivity index (χ1n) is 5.77. The molecule has 1 fully saturated rings. The van der Waals surface area contributed by atoms with Crippen LogP contribution in [0.25, 0.3) is 0 Å². The Hall–Kier alpha value is -0.650. The second-order valence-corrected chi connectivity index (χ2v) is 5.78. The molecule has 2 unspecified atom stereocenters. The van der Waals surface area contributed by atoms with E-state index in [1.54, 1.807) is 17.2 Å². The molecule has 4 nitrogen and oxygen atoms in total. The van der Waals surface area contributed by atoms with Gasteiger partial charge in [-0.25, -0.2) is 4.98 Å². The molecule has 1 saturated heterocycles. The summed E-state index contributed by atoms with van der Waals surface area (Å²) in [6.07, 6.45) is 2.45. The Balaban J connectivity index is 2.28. The number of hydrogen-bond donors (Lipinski definition) is 1. The molecule has 98 valence electrons. The maximum atomic E-state index is 12.4. The lowest BCUT2D eigenvalue weighted by Crippen LogP contribution is -2.40. The molecule has 1 aromatic heterocycles. The van der Waals surface area contributed by atoms with Gasteiger partial charge in [-0.1, -0.05) is 18.5 Å². The Morgan fingerprint density at radius 2 is 2.44 bits per heavy atom. The number of carbonyl (C=O) groups excluding carboxylic acids is 1. The smallest absolute Gasteiger partial charge is 0.257 e. The van der Waals surface area contributed by atoms with E-state index >= 15 is 0 Å². The number of aliphatic hydroxyl groups is 1. The first kappa shape index (κ1) is 13.8. The van der Waals surface area contributed by atoms with Crippen LogP contribution in [-0.4, -0.2) is 40.1 Å². The van der Waals surface area contributed by atoms with Gasteiger partial charge in [-0.05, 0) is 34.3 Å². The number of likely N-dealkylation sites (tertiary alicyclic amines) is 1. The van der Waals surface area contributed by atoms with Gasteiger partial charge in [0, 0.05) is 17.2 Å². The van der Waals surface area contributed by atoms with E-state index < -0.39 is 0 Å². The number of halogens is 2. The van der Waals surface area contributed by atoms with E-state index in [4.69, 9.17) is 11.6 Å². The van der Waals surface area contributed by atoms with Gasteiger partial charge in [0.25, 0.3) is 5.91 Å². The Morgan fingerprint density at radius 1 is 1.72 bits per heavy atom. The van der Waals surface area contributed by atoms with Gasteiger partial charge in [0.1, 0.15) is 5.15 Å². The molecule has 2 atom stereocenters. The molecule has 0 spiro atoms. The summed E-state index contributed by atoms with van der Waals surface area (Å²) in [4.78, 5) is 18.0. The van der Waals surface area contributed by atoms with Crippen LogP contribution in [0.4, 0.5) is 0 Å². The molecule has 0 radical (unpaired) electrons. The molecule has 2 rings (SSSR count). The molecule has 18 heavy (non-hydrogen) atoms. The van der Waals surface area contributed by atoms with Crippen molar-refractivity contribution in [1.82, 2.24) is 9.88 Å². The number of nitrogens with zero attached hydrogens (tertiary/aromatic N) is 2. The highest BCUT2D eigenvalue weighted by Gasteiger charge is 2.35. The highest BCUT2D eigenvalue weighted by atomic mass is 79.9. The molecule has 0 saturated carbocycles. The number of amides is 1. The average Bonchev–Trinajstić information content (AvgIpc) is 2.72. The third kappa shape index (κ3) is 2.53. The summed E-state index contributed by atoms with van der Waals surface area (Å²) in [7, 11) is 0. The summed E-state index contributed by atoms with van der Waals surface area (Å²) in [5, 5.41) is 9.57. The van der Waals surface area contributed by atoms with Crippen molar-refractivity contribution in [3.8, 4) is 0 Å². The molecular formula is C12H14BrClN2O2. The number of aromatic nitrogens is 1. The monoisotopic (exact) mass is 332 g/mol. The zero-order valence-corrected chi connectivity index (χ0v) is 12.3. The molecule has 6 heteroatoms. The first-order valence-corrected chi connectivity index (χ1v) is 6.94. The van der Waals surface area contributed by atoms with Crippen LogP contribution in [0.15, 0.2) is 16.7 Å². The highest BCUT2D eigenvalue weighted by molar-refractivity contribution is 9.10. The van der Waals surface area contributed by atoms with Gasteiger partial charge in [0.2, 0.25) is 0 Å². The van der Waals surface area contributed by atoms with Crippen molar-refractivity contribution in [3.63, 3.8) is 0 Å². The van der Waals surface area contributed by atoms with Gasteiger partial charge in [-0.2, -0.15) is 0 Å². The molecule has 1 aromatic rings. The summed E-state index contributed by atoms with van der Waals surface area (Å²) in [6.45, 7) is 2.66. The summed E-state index contributed by atoms with van der Waals surface area (Å²) < 4.78 is 0.711. The van der Waals surface area contributed by atoms with Crippen molar-refractivity contribution >= 4 is 33.4 Å². The summed E-state index contributed by atoms with van der Waals surface area (Å²) in [5.41, 5.74) is 0.374. The predicted octanol–water partition coefficient (Wildman–Crippen LogP) is 2.34. The van der Waals surface area contributed by atoms with Crippen molar-refractivity contribution in [2.24, 2.45) is 5.92 Å². The molecule has 0 aliphatic carbocycles. The van der Waals surface area contributed by atoms with Crippen LogP contribution in [-0.2, 0) is 0 Å². The Bertz CT molecular complexity index is 469. The van der Waals surface area contributed by atoms with Crippen molar-refractivity contribution in [1.29, 1.82) is 0 Å². The van der Waals surface area contributed by atoms with Crippen LogP contribution >= 0.6 is 27.5 Å². The Morgan fingerprint density at radius 3 is 3.11 bits per heavy atom. The first-order chi connectivity index (χ1) is 8.54. The summed E-state index contributed by atoms with van der Waals surface area (Å²) in [5.74, 6) is 0.134. The average molecular weight is 334 g/mol. The number of pyridine rings is 1. The third-order valence-electron chi connectivity index (χ3n) is 3.37. The fraction of sp³-hybridized carbons (Fsp3) is 0.500. The van der Waals surface area contributed by atoms with Crippen molar-refractivity contribution in [2.75, 3.05) is 13.2 Å². The topological polar surface area (TPSA) is 53.4 Å². The normalized spacial score (nSPS) is 23.4. The number of rotatable bonds is 2. The van der Waals surface area contributed by atoms with Crippen LogP contribution in [0.1, 0.15) is 23.7 Å². The van der Waals surface area contributed by atoms with E-state index in [-0.39, 0.29) is 23.7 Å². The van der Waals surface area contributed by atoms with E-state index in [0.29, 0.717) is 22.5 Å². The van der Waals surface area contributed by atoms with Gasteiger partial charge in [-0.3, -0.25) is 4.79 Å². The standard InChI is InChI=1S/C12H14BrClN2O2/c1-7-2-3-16(10(7)6-17)12(18)9-4-8(13)5-15-11(9)14/h4-5,7,10,17H,2-3,6H2,1H3. The lowest BCUT2D eigenvalue weighted by molar-refractivity contribution is 0.0648. The summed E-state index contributed by atoms with van der Waals surface area (Å²) in [6, 6.07) is 1.53. The molecule has 1 aliphatic heterocycles. The minimum atomic E-state index is -0.169. The Kier molecular flexibility index (Phi) is 4.25. The maximum Gasteiger partial charge on any atom is 0.257 e. The molecule has 0 aromatic carbocycles. The van der Waals surface area contributed by atoms with E-state index in [0.717, 1.165) is 6.42 Å². The van der Waals surface area contributed by atoms with Gasteiger partial charge in [-0.15, -0.1) is 0 Å². The predicted molar refractivity (Wildman–Crippen MR) is 72.6 cm³/mol. The minimum absolute atomic E-state index is 0.0219. The molecule has 1 aliphatic rings. The molecule has 1 N–H and O–H groups in total. The second-order valence-electron chi connectivity index (χ2n) is 4.51. The summed E-state index contributed by atoms with van der Waals surface area (Å²) >= 11 is 9.23. The van der Waals surface area contributed by atoms with Gasteiger partial charge >= 0.3 is 0 Å². The van der Waals surface area contributed by atoms with Gasteiger partial charge in [0.15, 0.2) is 0 Å². The van der Waals surface area contributed by atoms with Gasteiger partial charge in [0.05, 0.1) is 18.2 Å². The van der Waals surface area contributed by atoms with Crippen molar-refractivity contribution in [2.45, 2.75) is 19.4 Å². The Labute approximate surface area is 119 Å². The zero-order chi connectivity index (χ0) is 13.3. The fourth-order valence-electron chi connectivity index (χ4n) is 2.27. The second kappa shape index (κ2) is 5.55.